The molecule has 0 fully saturated rings. The fourth-order valence-corrected chi connectivity index (χ4v) is 1.66. The van der Waals surface area contributed by atoms with Crippen molar-refractivity contribution in [1.29, 1.82) is 0 Å². The van der Waals surface area contributed by atoms with Crippen molar-refractivity contribution in [2.24, 2.45) is 0 Å². The number of nitrogens with zero attached hydrogens (tertiary/aromatic N) is 3. The van der Waals surface area contributed by atoms with Crippen LogP contribution < -0.4 is 4.74 Å². The molecule has 0 aromatic carbocycles. The van der Waals surface area contributed by atoms with E-state index in [2.05, 4.69) is 9.97 Å². The molecule has 80 valence electrons. The average molecular weight is 209 g/mol. The Kier molecular flexibility index (Phi) is 2.40. The topological polar surface area (TPSA) is 75.6 Å². The van der Waals surface area contributed by atoms with E-state index in [1.165, 1.54) is 11.2 Å². The third-order valence-electron chi connectivity index (χ3n) is 2.43. The summed E-state index contributed by atoms with van der Waals surface area (Å²) >= 11 is 0. The maximum Gasteiger partial charge on any atom is 0.407 e. The first kappa shape index (κ1) is 9.70. The van der Waals surface area contributed by atoms with Crippen LogP contribution in [0.25, 0.3) is 0 Å². The molecule has 15 heavy (non-hydrogen) atoms. The number of carboxylic acid groups (broad SMARTS) is 1. The van der Waals surface area contributed by atoms with Gasteiger partial charge in [0.1, 0.15) is 6.33 Å². The van der Waals surface area contributed by atoms with Crippen LogP contribution in [0, 0.1) is 0 Å². The summed E-state index contributed by atoms with van der Waals surface area (Å²) < 4.78 is 5.09. The highest BCUT2D eigenvalue weighted by Gasteiger charge is 2.23. The lowest BCUT2D eigenvalue weighted by molar-refractivity contribution is 0.138. The fraction of sp³-hybridized carbons (Fsp3) is 0.444. The van der Waals surface area contributed by atoms with Gasteiger partial charge in [-0.05, 0) is 6.42 Å². The molecule has 1 aromatic rings. The van der Waals surface area contributed by atoms with Gasteiger partial charge < -0.3 is 14.7 Å². The quantitative estimate of drug-likeness (QED) is 0.729. The van der Waals surface area contributed by atoms with Crippen LogP contribution in [0.2, 0.25) is 0 Å². The predicted molar refractivity (Wildman–Crippen MR) is 50.7 cm³/mol. The van der Waals surface area contributed by atoms with Crippen LogP contribution in [-0.4, -0.2) is 39.7 Å². The zero-order valence-electron chi connectivity index (χ0n) is 8.30. The number of methoxy groups -OCH3 is 1. The predicted octanol–water partition coefficient (Wildman–Crippen LogP) is 0.521. The monoisotopic (exact) mass is 209 g/mol. The van der Waals surface area contributed by atoms with Crippen LogP contribution in [0.3, 0.4) is 0 Å². The Morgan fingerprint density at radius 2 is 2.40 bits per heavy atom. The maximum absolute atomic E-state index is 10.8. The van der Waals surface area contributed by atoms with Crippen molar-refractivity contribution < 1.29 is 14.6 Å². The molecule has 1 N–H and O–H groups in total. The minimum atomic E-state index is -0.918. The molecule has 6 nitrogen and oxygen atoms in total. The zero-order valence-corrected chi connectivity index (χ0v) is 8.30. The van der Waals surface area contributed by atoms with Crippen LogP contribution in [0.15, 0.2) is 6.33 Å². The summed E-state index contributed by atoms with van der Waals surface area (Å²) in [5.74, 6) is 0.546. The van der Waals surface area contributed by atoms with Crippen LogP contribution >= 0.6 is 0 Å². The Labute approximate surface area is 86.5 Å². The van der Waals surface area contributed by atoms with E-state index in [1.807, 2.05) is 0 Å². The minimum absolute atomic E-state index is 0.309. The van der Waals surface area contributed by atoms with E-state index in [4.69, 9.17) is 9.84 Å². The molecule has 1 aliphatic heterocycles. The second-order valence-corrected chi connectivity index (χ2v) is 3.26. The van der Waals surface area contributed by atoms with Crippen molar-refractivity contribution >= 4 is 6.09 Å². The molecule has 2 heterocycles. The van der Waals surface area contributed by atoms with E-state index >= 15 is 0 Å². The lowest BCUT2D eigenvalue weighted by Gasteiger charge is -2.25. The van der Waals surface area contributed by atoms with E-state index < -0.39 is 6.09 Å². The van der Waals surface area contributed by atoms with Gasteiger partial charge in [0.05, 0.1) is 19.3 Å². The number of rotatable bonds is 1. The molecular weight excluding hydrogens is 198 g/mol. The van der Waals surface area contributed by atoms with Crippen molar-refractivity contribution in [2.75, 3.05) is 13.7 Å². The average Bonchev–Trinajstić information content (AvgIpc) is 2.27. The highest BCUT2D eigenvalue weighted by molar-refractivity contribution is 5.65. The van der Waals surface area contributed by atoms with Crippen LogP contribution in [0.4, 0.5) is 4.79 Å². The van der Waals surface area contributed by atoms with Crippen LogP contribution in [-0.2, 0) is 13.0 Å². The van der Waals surface area contributed by atoms with Gasteiger partial charge in [0.2, 0.25) is 5.88 Å². The molecule has 0 saturated heterocycles. The standard InChI is InChI=1S/C9H11N3O3/c1-15-8-6-2-3-12(9(13)14)4-7(6)10-5-11-8/h5H,2-4H2,1H3,(H,13,14). The summed E-state index contributed by atoms with van der Waals surface area (Å²) in [7, 11) is 1.55. The third kappa shape index (κ3) is 1.70. The molecular formula is C9H11N3O3. The summed E-state index contributed by atoms with van der Waals surface area (Å²) in [6.45, 7) is 0.773. The number of fused-ring (bicyclic) bond motifs is 1. The Hall–Kier alpha value is -1.85. The summed E-state index contributed by atoms with van der Waals surface area (Å²) in [4.78, 5) is 20.1. The summed E-state index contributed by atoms with van der Waals surface area (Å²) in [5, 5.41) is 8.84. The molecule has 0 unspecified atom stereocenters. The number of ether oxygens (including phenoxy) is 1. The first-order chi connectivity index (χ1) is 7.22. The van der Waals surface area contributed by atoms with E-state index in [0.29, 0.717) is 25.4 Å². The van der Waals surface area contributed by atoms with Gasteiger partial charge >= 0.3 is 6.09 Å². The number of aromatic nitrogens is 2. The minimum Gasteiger partial charge on any atom is -0.481 e. The van der Waals surface area contributed by atoms with Gasteiger partial charge in [-0.1, -0.05) is 0 Å². The van der Waals surface area contributed by atoms with Crippen molar-refractivity contribution in [2.45, 2.75) is 13.0 Å². The van der Waals surface area contributed by atoms with Crippen molar-refractivity contribution in [3.8, 4) is 5.88 Å². The first-order valence-corrected chi connectivity index (χ1v) is 4.57. The van der Waals surface area contributed by atoms with Gasteiger partial charge in [-0.2, -0.15) is 0 Å². The lowest BCUT2D eigenvalue weighted by Crippen LogP contribution is -2.35. The highest BCUT2D eigenvalue weighted by atomic mass is 16.5. The molecule has 1 aliphatic rings. The molecule has 0 atom stereocenters. The molecule has 0 radical (unpaired) electrons. The molecule has 0 spiro atoms. The molecule has 0 bridgehead atoms. The Morgan fingerprint density at radius 1 is 1.60 bits per heavy atom. The van der Waals surface area contributed by atoms with Gasteiger partial charge in [0, 0.05) is 12.1 Å². The normalized spacial score (nSPS) is 14.6. The van der Waals surface area contributed by atoms with Gasteiger partial charge in [0.15, 0.2) is 0 Å². The Morgan fingerprint density at radius 3 is 3.07 bits per heavy atom. The molecule has 6 heteroatoms. The number of hydrogen-bond acceptors (Lipinski definition) is 4. The number of hydrogen-bond donors (Lipinski definition) is 1. The zero-order chi connectivity index (χ0) is 10.8. The second-order valence-electron chi connectivity index (χ2n) is 3.26. The molecule has 1 aromatic heterocycles. The smallest absolute Gasteiger partial charge is 0.407 e. The van der Waals surface area contributed by atoms with Crippen LogP contribution in [0.5, 0.6) is 5.88 Å². The summed E-state index contributed by atoms with van der Waals surface area (Å²) in [6.07, 6.45) is 1.08. The van der Waals surface area contributed by atoms with Gasteiger partial charge in [-0.15, -0.1) is 0 Å². The molecule has 0 aliphatic carbocycles. The number of carbonyl (C=O) groups is 1. The SMILES string of the molecule is COc1ncnc2c1CCN(C(=O)O)C2. The third-order valence-corrected chi connectivity index (χ3v) is 2.43. The largest absolute Gasteiger partial charge is 0.481 e. The summed E-state index contributed by atoms with van der Waals surface area (Å²) in [6, 6.07) is 0. The van der Waals surface area contributed by atoms with Gasteiger partial charge in [0.25, 0.3) is 0 Å². The first-order valence-electron chi connectivity index (χ1n) is 4.57. The van der Waals surface area contributed by atoms with Crippen molar-refractivity contribution in [3.63, 3.8) is 0 Å². The van der Waals surface area contributed by atoms with E-state index in [1.54, 1.807) is 7.11 Å². The fourth-order valence-electron chi connectivity index (χ4n) is 1.66. The lowest BCUT2D eigenvalue weighted by atomic mass is 10.1. The maximum atomic E-state index is 10.8. The van der Waals surface area contributed by atoms with E-state index in [-0.39, 0.29) is 0 Å². The number of amides is 1. The summed E-state index contributed by atoms with van der Waals surface area (Å²) in [5.41, 5.74) is 1.65. The second kappa shape index (κ2) is 3.72. The van der Waals surface area contributed by atoms with Crippen LogP contribution in [0.1, 0.15) is 11.3 Å². The van der Waals surface area contributed by atoms with Crippen molar-refractivity contribution in [1.82, 2.24) is 14.9 Å². The van der Waals surface area contributed by atoms with Gasteiger partial charge in [-0.3, -0.25) is 0 Å². The molecule has 2 rings (SSSR count). The van der Waals surface area contributed by atoms with E-state index in [0.717, 1.165) is 11.3 Å². The van der Waals surface area contributed by atoms with Crippen molar-refractivity contribution in [3.05, 3.63) is 17.6 Å². The highest BCUT2D eigenvalue weighted by Crippen LogP contribution is 2.23. The Bertz CT molecular complexity index is 394. The Balaban J connectivity index is 2.31. The molecule has 1 amide bonds. The van der Waals surface area contributed by atoms with E-state index in [9.17, 15) is 4.79 Å². The molecule has 0 saturated carbocycles. The van der Waals surface area contributed by atoms with Gasteiger partial charge in [-0.25, -0.2) is 14.8 Å².